The third-order valence-corrected chi connectivity index (χ3v) is 6.12. The average Bonchev–Trinajstić information content (AvgIpc) is 3.40. The molecule has 27 heavy (non-hydrogen) atoms. The van der Waals surface area contributed by atoms with Gasteiger partial charge in [-0.15, -0.1) is 11.3 Å². The molecule has 0 atom stereocenters. The largest absolute Gasteiger partial charge is 0.367 e. The fourth-order valence-electron chi connectivity index (χ4n) is 3.72. The van der Waals surface area contributed by atoms with Crippen molar-refractivity contribution >= 4 is 39.0 Å². The molecule has 7 heteroatoms. The van der Waals surface area contributed by atoms with Crippen LogP contribution in [0.4, 0.5) is 11.8 Å². The van der Waals surface area contributed by atoms with Gasteiger partial charge in [0.1, 0.15) is 5.82 Å². The quantitative estimate of drug-likeness (QED) is 0.531. The van der Waals surface area contributed by atoms with Crippen molar-refractivity contribution in [3.63, 3.8) is 0 Å². The Morgan fingerprint density at radius 3 is 2.85 bits per heavy atom. The summed E-state index contributed by atoms with van der Waals surface area (Å²) in [6.45, 7) is 2.70. The van der Waals surface area contributed by atoms with Crippen LogP contribution < -0.4 is 10.6 Å². The highest BCUT2D eigenvalue weighted by Crippen LogP contribution is 2.27. The van der Waals surface area contributed by atoms with Crippen molar-refractivity contribution in [2.45, 2.75) is 45.2 Å². The molecule has 0 saturated heterocycles. The molecule has 0 aliphatic heterocycles. The molecule has 0 unspecified atom stereocenters. The van der Waals surface area contributed by atoms with Gasteiger partial charge in [0, 0.05) is 28.7 Å². The first kappa shape index (κ1) is 16.5. The molecule has 3 aromatic heterocycles. The van der Waals surface area contributed by atoms with Gasteiger partial charge in [-0.1, -0.05) is 25.0 Å². The zero-order chi connectivity index (χ0) is 18.2. The number of thiazole rings is 1. The second-order valence-corrected chi connectivity index (χ2v) is 7.99. The second-order valence-electron chi connectivity index (χ2n) is 7.15. The predicted molar refractivity (Wildman–Crippen MR) is 111 cm³/mol. The molecule has 4 aromatic rings. The maximum atomic E-state index is 4.77. The summed E-state index contributed by atoms with van der Waals surface area (Å²) in [4.78, 5) is 15.1. The van der Waals surface area contributed by atoms with Crippen molar-refractivity contribution in [3.05, 3.63) is 47.2 Å². The standard InChI is InChI=1S/C20H22N6S/c1-13-12-27-20-23-15(11-26(13)20)10-21-19-24-17-9-5-4-8-16(17)18(25-19)22-14-6-2-3-7-14/h4-5,8-9,11-12,14H,2-3,6-7,10H2,1H3,(H2,21,22,24,25). The van der Waals surface area contributed by atoms with E-state index in [0.29, 0.717) is 18.5 Å². The fourth-order valence-corrected chi connectivity index (χ4v) is 4.59. The Kier molecular flexibility index (Phi) is 4.16. The number of rotatable bonds is 5. The van der Waals surface area contributed by atoms with Crippen molar-refractivity contribution < 1.29 is 0 Å². The first-order chi connectivity index (χ1) is 13.3. The Hall–Kier alpha value is -2.67. The Morgan fingerprint density at radius 2 is 2.00 bits per heavy atom. The normalized spacial score (nSPS) is 15.0. The Labute approximate surface area is 161 Å². The number of imidazole rings is 1. The zero-order valence-electron chi connectivity index (χ0n) is 15.3. The van der Waals surface area contributed by atoms with Gasteiger partial charge in [0.15, 0.2) is 4.96 Å². The molecule has 1 aromatic carbocycles. The topological polar surface area (TPSA) is 67.1 Å². The molecular formula is C20H22N6S. The van der Waals surface area contributed by atoms with Crippen molar-refractivity contribution in [3.8, 4) is 0 Å². The molecule has 0 bridgehead atoms. The number of aryl methyl sites for hydroxylation is 1. The van der Waals surface area contributed by atoms with Gasteiger partial charge in [-0.2, -0.15) is 4.98 Å². The summed E-state index contributed by atoms with van der Waals surface area (Å²) in [5.74, 6) is 1.57. The number of nitrogens with zero attached hydrogens (tertiary/aromatic N) is 4. The smallest absolute Gasteiger partial charge is 0.225 e. The van der Waals surface area contributed by atoms with Gasteiger partial charge < -0.3 is 10.6 Å². The Bertz CT molecular complexity index is 1090. The minimum absolute atomic E-state index is 0.513. The van der Waals surface area contributed by atoms with E-state index < -0.39 is 0 Å². The summed E-state index contributed by atoms with van der Waals surface area (Å²) in [7, 11) is 0. The Morgan fingerprint density at radius 1 is 1.15 bits per heavy atom. The minimum atomic E-state index is 0.513. The van der Waals surface area contributed by atoms with E-state index >= 15 is 0 Å². The number of para-hydroxylation sites is 1. The maximum Gasteiger partial charge on any atom is 0.225 e. The van der Waals surface area contributed by atoms with Crippen LogP contribution in [-0.2, 0) is 6.54 Å². The number of benzene rings is 1. The van der Waals surface area contributed by atoms with Crippen LogP contribution in [0.1, 0.15) is 37.1 Å². The fraction of sp³-hybridized carbons (Fsp3) is 0.350. The van der Waals surface area contributed by atoms with Gasteiger partial charge in [0.2, 0.25) is 5.95 Å². The van der Waals surface area contributed by atoms with Gasteiger partial charge in [0.05, 0.1) is 17.8 Å². The molecule has 1 aliphatic carbocycles. The molecule has 1 aliphatic rings. The molecule has 138 valence electrons. The van der Waals surface area contributed by atoms with E-state index in [1.165, 1.54) is 31.4 Å². The third-order valence-electron chi connectivity index (χ3n) is 5.17. The lowest BCUT2D eigenvalue weighted by atomic mass is 10.2. The van der Waals surface area contributed by atoms with Crippen molar-refractivity contribution in [1.29, 1.82) is 0 Å². The number of fused-ring (bicyclic) bond motifs is 2. The van der Waals surface area contributed by atoms with Crippen LogP contribution in [0, 0.1) is 6.92 Å². The summed E-state index contributed by atoms with van der Waals surface area (Å²) in [6, 6.07) is 8.70. The van der Waals surface area contributed by atoms with Gasteiger partial charge in [-0.3, -0.25) is 4.40 Å². The van der Waals surface area contributed by atoms with Crippen molar-refractivity contribution in [1.82, 2.24) is 19.4 Å². The lowest BCUT2D eigenvalue weighted by Crippen LogP contribution is -2.17. The number of hydrogen-bond donors (Lipinski definition) is 2. The summed E-state index contributed by atoms with van der Waals surface area (Å²) >= 11 is 1.66. The molecule has 0 spiro atoms. The van der Waals surface area contributed by atoms with Crippen LogP contribution in [0.2, 0.25) is 0 Å². The number of hydrogen-bond acceptors (Lipinski definition) is 6. The van der Waals surface area contributed by atoms with E-state index in [4.69, 9.17) is 9.97 Å². The molecule has 0 radical (unpaired) electrons. The summed E-state index contributed by atoms with van der Waals surface area (Å²) in [5, 5.41) is 10.2. The van der Waals surface area contributed by atoms with E-state index in [9.17, 15) is 0 Å². The van der Waals surface area contributed by atoms with Gasteiger partial charge in [-0.25, -0.2) is 9.97 Å². The van der Waals surface area contributed by atoms with Crippen LogP contribution in [-0.4, -0.2) is 25.4 Å². The summed E-state index contributed by atoms with van der Waals surface area (Å²) in [6.07, 6.45) is 7.09. The highest BCUT2D eigenvalue weighted by Gasteiger charge is 2.17. The molecule has 2 N–H and O–H groups in total. The predicted octanol–water partition coefficient (Wildman–Crippen LogP) is 4.61. The van der Waals surface area contributed by atoms with E-state index in [2.05, 4.69) is 44.6 Å². The maximum absolute atomic E-state index is 4.77. The lowest BCUT2D eigenvalue weighted by Gasteiger charge is -2.15. The van der Waals surface area contributed by atoms with E-state index in [1.807, 2.05) is 18.2 Å². The van der Waals surface area contributed by atoms with E-state index in [1.54, 1.807) is 11.3 Å². The molecule has 1 fully saturated rings. The average molecular weight is 379 g/mol. The molecule has 1 saturated carbocycles. The SMILES string of the molecule is Cc1csc2nc(CNc3nc(NC4CCCC4)c4ccccc4n3)cn12. The first-order valence-electron chi connectivity index (χ1n) is 9.45. The van der Waals surface area contributed by atoms with E-state index in [-0.39, 0.29) is 0 Å². The molecule has 6 nitrogen and oxygen atoms in total. The highest BCUT2D eigenvalue weighted by molar-refractivity contribution is 7.15. The van der Waals surface area contributed by atoms with E-state index in [0.717, 1.165) is 27.4 Å². The van der Waals surface area contributed by atoms with Crippen LogP contribution >= 0.6 is 11.3 Å². The number of nitrogens with one attached hydrogen (secondary N) is 2. The Balaban J connectivity index is 1.41. The van der Waals surface area contributed by atoms with Crippen molar-refractivity contribution in [2.24, 2.45) is 0 Å². The molecule has 0 amide bonds. The highest BCUT2D eigenvalue weighted by atomic mass is 32.1. The third kappa shape index (κ3) is 3.23. The van der Waals surface area contributed by atoms with Crippen LogP contribution in [0.3, 0.4) is 0 Å². The van der Waals surface area contributed by atoms with Crippen LogP contribution in [0.5, 0.6) is 0 Å². The van der Waals surface area contributed by atoms with Gasteiger partial charge >= 0.3 is 0 Å². The second kappa shape index (κ2) is 6.81. The first-order valence-corrected chi connectivity index (χ1v) is 10.3. The molecule has 3 heterocycles. The van der Waals surface area contributed by atoms with Gasteiger partial charge in [0.25, 0.3) is 0 Å². The monoisotopic (exact) mass is 378 g/mol. The summed E-state index contributed by atoms with van der Waals surface area (Å²) in [5.41, 5.74) is 3.16. The molecular weight excluding hydrogens is 356 g/mol. The number of aromatic nitrogens is 4. The van der Waals surface area contributed by atoms with Crippen molar-refractivity contribution in [2.75, 3.05) is 10.6 Å². The molecule has 5 rings (SSSR count). The van der Waals surface area contributed by atoms with Crippen LogP contribution in [0.25, 0.3) is 15.9 Å². The number of anilines is 2. The summed E-state index contributed by atoms with van der Waals surface area (Å²) < 4.78 is 2.12. The minimum Gasteiger partial charge on any atom is -0.367 e. The van der Waals surface area contributed by atoms with Gasteiger partial charge in [-0.05, 0) is 31.9 Å². The zero-order valence-corrected chi connectivity index (χ0v) is 16.1. The van der Waals surface area contributed by atoms with Crippen LogP contribution in [0.15, 0.2) is 35.8 Å². The lowest BCUT2D eigenvalue weighted by molar-refractivity contribution is 0.751.